The van der Waals surface area contributed by atoms with Crippen molar-refractivity contribution in [2.75, 3.05) is 19.7 Å². The molecule has 0 aromatic heterocycles. The molecule has 1 aliphatic carbocycles. The summed E-state index contributed by atoms with van der Waals surface area (Å²) in [4.78, 5) is 26.7. The number of nitrogens with zero attached hydrogens (tertiary/aromatic N) is 1. The highest BCUT2D eigenvalue weighted by molar-refractivity contribution is 6.08. The monoisotopic (exact) mass is 351 g/mol. The van der Waals surface area contributed by atoms with Crippen LogP contribution >= 0.6 is 0 Å². The normalized spacial score (nSPS) is 13.3. The number of hydrogen-bond acceptors (Lipinski definition) is 3. The molecule has 1 aliphatic rings. The second kappa shape index (κ2) is 8.65. The molecule has 2 aromatic rings. The number of ether oxygens (including phenoxy) is 1. The minimum absolute atomic E-state index is 0.0215. The number of ketones is 1. The van der Waals surface area contributed by atoms with Crippen molar-refractivity contribution in [3.8, 4) is 5.75 Å². The molecule has 1 amide bonds. The van der Waals surface area contributed by atoms with Crippen molar-refractivity contribution < 1.29 is 14.3 Å². The van der Waals surface area contributed by atoms with E-state index in [0.717, 1.165) is 19.5 Å². The van der Waals surface area contributed by atoms with Gasteiger partial charge in [-0.3, -0.25) is 9.59 Å². The van der Waals surface area contributed by atoms with Gasteiger partial charge in [0.05, 0.1) is 0 Å². The van der Waals surface area contributed by atoms with E-state index in [1.807, 2.05) is 23.1 Å². The van der Waals surface area contributed by atoms with Gasteiger partial charge in [0.25, 0.3) is 5.91 Å². The molecule has 26 heavy (non-hydrogen) atoms. The Kier molecular flexibility index (Phi) is 6.05. The molecule has 0 spiro atoms. The summed E-state index contributed by atoms with van der Waals surface area (Å²) >= 11 is 0. The van der Waals surface area contributed by atoms with Crippen molar-refractivity contribution >= 4 is 11.7 Å². The van der Waals surface area contributed by atoms with Gasteiger partial charge >= 0.3 is 0 Å². The summed E-state index contributed by atoms with van der Waals surface area (Å²) in [6, 6.07) is 16.1. The third kappa shape index (κ3) is 4.94. The maximum absolute atomic E-state index is 12.4. The molecule has 0 bridgehead atoms. The molecular weight excluding hydrogens is 326 g/mol. The third-order valence-electron chi connectivity index (χ3n) is 4.54. The minimum Gasteiger partial charge on any atom is -0.484 e. The van der Waals surface area contributed by atoms with Crippen molar-refractivity contribution in [1.29, 1.82) is 0 Å². The molecule has 0 aliphatic heterocycles. The number of amides is 1. The van der Waals surface area contributed by atoms with E-state index in [9.17, 15) is 9.59 Å². The van der Waals surface area contributed by atoms with Gasteiger partial charge in [0, 0.05) is 24.2 Å². The molecule has 4 heteroatoms. The molecule has 0 radical (unpaired) electrons. The lowest BCUT2D eigenvalue weighted by atomic mass is 10.0. The molecule has 4 nitrogen and oxygen atoms in total. The fourth-order valence-corrected chi connectivity index (χ4v) is 2.89. The van der Waals surface area contributed by atoms with Gasteiger partial charge in [-0.2, -0.15) is 0 Å². The van der Waals surface area contributed by atoms with Gasteiger partial charge in [-0.1, -0.05) is 37.3 Å². The third-order valence-corrected chi connectivity index (χ3v) is 4.54. The number of benzene rings is 2. The van der Waals surface area contributed by atoms with E-state index in [1.165, 1.54) is 12.8 Å². The predicted molar refractivity (Wildman–Crippen MR) is 101 cm³/mol. The lowest BCUT2D eigenvalue weighted by Crippen LogP contribution is -2.37. The summed E-state index contributed by atoms with van der Waals surface area (Å²) in [6.45, 7) is 3.75. The SMILES string of the molecule is CCCN(CC1CC1)C(=O)COc1ccc(C(=O)c2ccccc2)cc1. The molecule has 0 N–H and O–H groups in total. The average molecular weight is 351 g/mol. The standard InChI is InChI=1S/C22H25NO3/c1-2-14-23(15-17-8-9-17)21(24)16-26-20-12-10-19(11-13-20)22(25)18-6-4-3-5-7-18/h3-7,10-13,17H,2,8-9,14-16H2,1H3. The van der Waals surface area contributed by atoms with E-state index in [0.29, 0.717) is 22.8 Å². The lowest BCUT2D eigenvalue weighted by Gasteiger charge is -2.22. The molecule has 0 saturated heterocycles. The second-order valence-corrected chi connectivity index (χ2v) is 6.79. The molecular formula is C22H25NO3. The summed E-state index contributed by atoms with van der Waals surface area (Å²) in [7, 11) is 0. The highest BCUT2D eigenvalue weighted by atomic mass is 16.5. The molecule has 1 fully saturated rings. The van der Waals surface area contributed by atoms with E-state index < -0.39 is 0 Å². The maximum atomic E-state index is 12.4. The van der Waals surface area contributed by atoms with Gasteiger partial charge in [0.2, 0.25) is 0 Å². The quantitative estimate of drug-likeness (QED) is 0.643. The van der Waals surface area contributed by atoms with Gasteiger partial charge in [-0.25, -0.2) is 0 Å². The van der Waals surface area contributed by atoms with Crippen LogP contribution in [0.25, 0.3) is 0 Å². The first-order valence-electron chi connectivity index (χ1n) is 9.27. The zero-order valence-electron chi connectivity index (χ0n) is 15.2. The second-order valence-electron chi connectivity index (χ2n) is 6.79. The Bertz CT molecular complexity index is 736. The Hall–Kier alpha value is -2.62. The molecule has 2 aromatic carbocycles. The highest BCUT2D eigenvalue weighted by Gasteiger charge is 2.26. The lowest BCUT2D eigenvalue weighted by molar-refractivity contribution is -0.133. The zero-order valence-corrected chi connectivity index (χ0v) is 15.2. The highest BCUT2D eigenvalue weighted by Crippen LogP contribution is 2.29. The molecule has 136 valence electrons. The maximum Gasteiger partial charge on any atom is 0.260 e. The van der Waals surface area contributed by atoms with Crippen LogP contribution in [-0.4, -0.2) is 36.3 Å². The summed E-state index contributed by atoms with van der Waals surface area (Å²) in [5.74, 6) is 1.29. The van der Waals surface area contributed by atoms with Crippen molar-refractivity contribution in [1.82, 2.24) is 4.90 Å². The van der Waals surface area contributed by atoms with Crippen LogP contribution in [0.1, 0.15) is 42.1 Å². The topological polar surface area (TPSA) is 46.6 Å². The first kappa shape index (κ1) is 18.2. The van der Waals surface area contributed by atoms with Crippen LogP contribution in [0, 0.1) is 5.92 Å². The van der Waals surface area contributed by atoms with Gasteiger partial charge in [0.1, 0.15) is 5.75 Å². The van der Waals surface area contributed by atoms with Crippen LogP contribution in [0.15, 0.2) is 54.6 Å². The largest absolute Gasteiger partial charge is 0.484 e. The van der Waals surface area contributed by atoms with Gasteiger partial charge in [-0.05, 0) is 49.4 Å². The molecule has 0 heterocycles. The fraction of sp³-hybridized carbons (Fsp3) is 0.364. The summed E-state index contributed by atoms with van der Waals surface area (Å²) in [5.41, 5.74) is 1.27. The Morgan fingerprint density at radius 3 is 2.27 bits per heavy atom. The zero-order chi connectivity index (χ0) is 18.4. The first-order chi connectivity index (χ1) is 12.7. The predicted octanol–water partition coefficient (Wildman–Crippen LogP) is 3.95. The molecule has 0 atom stereocenters. The summed E-state index contributed by atoms with van der Waals surface area (Å²) in [5, 5.41) is 0. The summed E-state index contributed by atoms with van der Waals surface area (Å²) in [6.07, 6.45) is 3.41. The Morgan fingerprint density at radius 1 is 1.00 bits per heavy atom. The van der Waals surface area contributed by atoms with Crippen LogP contribution in [-0.2, 0) is 4.79 Å². The Balaban J connectivity index is 1.55. The number of hydrogen-bond donors (Lipinski definition) is 0. The van der Waals surface area contributed by atoms with E-state index in [4.69, 9.17) is 4.74 Å². The van der Waals surface area contributed by atoms with Crippen molar-refractivity contribution in [2.45, 2.75) is 26.2 Å². The van der Waals surface area contributed by atoms with E-state index >= 15 is 0 Å². The van der Waals surface area contributed by atoms with Crippen LogP contribution in [0.4, 0.5) is 0 Å². The van der Waals surface area contributed by atoms with Crippen molar-refractivity contribution in [3.63, 3.8) is 0 Å². The molecule has 0 unspecified atom stereocenters. The van der Waals surface area contributed by atoms with Crippen LogP contribution in [0.3, 0.4) is 0 Å². The number of rotatable bonds is 9. The number of carbonyl (C=O) groups excluding carboxylic acids is 2. The number of carbonyl (C=O) groups is 2. The summed E-state index contributed by atoms with van der Waals surface area (Å²) < 4.78 is 5.64. The van der Waals surface area contributed by atoms with Crippen molar-refractivity contribution in [2.24, 2.45) is 5.92 Å². The minimum atomic E-state index is -0.0215. The van der Waals surface area contributed by atoms with Crippen LogP contribution in [0.2, 0.25) is 0 Å². The Labute approximate surface area is 154 Å². The smallest absolute Gasteiger partial charge is 0.260 e. The van der Waals surface area contributed by atoms with E-state index in [2.05, 4.69) is 6.92 Å². The molecule has 3 rings (SSSR count). The van der Waals surface area contributed by atoms with Gasteiger partial charge in [0.15, 0.2) is 12.4 Å². The fourth-order valence-electron chi connectivity index (χ4n) is 2.89. The first-order valence-corrected chi connectivity index (χ1v) is 9.27. The Morgan fingerprint density at radius 2 is 1.65 bits per heavy atom. The van der Waals surface area contributed by atoms with Crippen LogP contribution in [0.5, 0.6) is 5.75 Å². The van der Waals surface area contributed by atoms with Gasteiger partial charge < -0.3 is 9.64 Å². The average Bonchev–Trinajstić information content (AvgIpc) is 3.50. The van der Waals surface area contributed by atoms with E-state index in [-0.39, 0.29) is 18.3 Å². The van der Waals surface area contributed by atoms with Crippen molar-refractivity contribution in [3.05, 3.63) is 65.7 Å². The van der Waals surface area contributed by atoms with E-state index in [1.54, 1.807) is 36.4 Å². The van der Waals surface area contributed by atoms with Crippen LogP contribution < -0.4 is 4.74 Å². The molecule has 1 saturated carbocycles. The van der Waals surface area contributed by atoms with Gasteiger partial charge in [-0.15, -0.1) is 0 Å².